The fourth-order valence-electron chi connectivity index (χ4n) is 2.63. The monoisotopic (exact) mass is 365 g/mol. The average Bonchev–Trinajstić information content (AvgIpc) is 2.81. The van der Waals surface area contributed by atoms with Crippen LogP contribution in [0.1, 0.15) is 44.8 Å². The summed E-state index contributed by atoms with van der Waals surface area (Å²) in [5.41, 5.74) is 0. The predicted octanol–water partition coefficient (Wildman–Crippen LogP) is 2.78. The van der Waals surface area contributed by atoms with Gasteiger partial charge in [-0.05, 0) is 47.5 Å². The standard InChI is InChI=1S/C13H20BrNO4S/c1-2-9-3-5-10(6-4-9)15-20(17,18)12-7-11(8-16)19-13(12)14/h7,9-10,15-16H,2-6,8H2,1H3. The fourth-order valence-corrected chi connectivity index (χ4v) is 4.93. The first kappa shape index (κ1) is 16.0. The molecule has 20 heavy (non-hydrogen) atoms. The van der Waals surface area contributed by atoms with Crippen LogP contribution in [0.5, 0.6) is 0 Å². The Balaban J connectivity index is 2.06. The molecule has 114 valence electrons. The van der Waals surface area contributed by atoms with Crippen LogP contribution in [0.15, 0.2) is 20.0 Å². The number of furan rings is 1. The molecule has 5 nitrogen and oxygen atoms in total. The van der Waals surface area contributed by atoms with E-state index >= 15 is 0 Å². The van der Waals surface area contributed by atoms with Crippen molar-refractivity contribution in [1.29, 1.82) is 0 Å². The topological polar surface area (TPSA) is 79.5 Å². The van der Waals surface area contributed by atoms with E-state index in [-0.39, 0.29) is 28.0 Å². The van der Waals surface area contributed by atoms with Crippen LogP contribution >= 0.6 is 15.9 Å². The number of hydrogen-bond acceptors (Lipinski definition) is 4. The van der Waals surface area contributed by atoms with Crippen molar-refractivity contribution in [2.75, 3.05) is 0 Å². The summed E-state index contributed by atoms with van der Waals surface area (Å²) in [6.07, 6.45) is 5.04. The molecule has 7 heteroatoms. The van der Waals surface area contributed by atoms with Gasteiger partial charge in [0.15, 0.2) is 4.67 Å². The van der Waals surface area contributed by atoms with Crippen molar-refractivity contribution in [3.63, 3.8) is 0 Å². The van der Waals surface area contributed by atoms with Gasteiger partial charge in [0.1, 0.15) is 17.3 Å². The van der Waals surface area contributed by atoms with Gasteiger partial charge in [0.25, 0.3) is 0 Å². The first-order valence-electron chi connectivity index (χ1n) is 6.87. The zero-order chi connectivity index (χ0) is 14.8. The molecule has 1 aromatic rings. The Morgan fingerprint density at radius 1 is 1.40 bits per heavy atom. The first-order valence-corrected chi connectivity index (χ1v) is 9.15. The molecule has 1 heterocycles. The number of sulfonamides is 1. The normalized spacial score (nSPS) is 23.9. The highest BCUT2D eigenvalue weighted by atomic mass is 79.9. The van der Waals surface area contributed by atoms with E-state index in [1.54, 1.807) is 0 Å². The third-order valence-corrected chi connectivity index (χ3v) is 6.28. The van der Waals surface area contributed by atoms with Crippen LogP contribution < -0.4 is 4.72 Å². The van der Waals surface area contributed by atoms with Gasteiger partial charge in [-0.25, -0.2) is 13.1 Å². The molecule has 0 atom stereocenters. The van der Waals surface area contributed by atoms with E-state index in [9.17, 15) is 8.42 Å². The second-order valence-corrected chi connectivity index (χ2v) is 7.66. The molecular weight excluding hydrogens is 346 g/mol. The quantitative estimate of drug-likeness (QED) is 0.840. The lowest BCUT2D eigenvalue weighted by atomic mass is 9.85. The van der Waals surface area contributed by atoms with E-state index < -0.39 is 10.0 Å². The van der Waals surface area contributed by atoms with Gasteiger partial charge in [0.2, 0.25) is 10.0 Å². The van der Waals surface area contributed by atoms with Gasteiger partial charge in [0.05, 0.1) is 0 Å². The number of aliphatic hydroxyl groups is 1. The minimum Gasteiger partial charge on any atom is -0.450 e. The molecule has 1 saturated carbocycles. The summed E-state index contributed by atoms with van der Waals surface area (Å²) in [6, 6.07) is 1.34. The molecule has 0 unspecified atom stereocenters. The minimum atomic E-state index is -3.61. The van der Waals surface area contributed by atoms with Gasteiger partial charge in [-0.2, -0.15) is 0 Å². The zero-order valence-electron chi connectivity index (χ0n) is 11.4. The molecule has 0 bridgehead atoms. The second kappa shape index (κ2) is 6.60. The van der Waals surface area contributed by atoms with E-state index in [4.69, 9.17) is 9.52 Å². The van der Waals surface area contributed by atoms with Crippen LogP contribution in [-0.2, 0) is 16.6 Å². The van der Waals surface area contributed by atoms with Gasteiger partial charge in [0, 0.05) is 12.1 Å². The summed E-state index contributed by atoms with van der Waals surface area (Å²) in [7, 11) is -3.61. The number of nitrogens with one attached hydrogen (secondary N) is 1. The van der Waals surface area contributed by atoms with Crippen molar-refractivity contribution in [3.05, 3.63) is 16.5 Å². The van der Waals surface area contributed by atoms with Gasteiger partial charge >= 0.3 is 0 Å². The molecule has 1 fully saturated rings. The molecule has 0 saturated heterocycles. The SMILES string of the molecule is CCC1CCC(NS(=O)(=O)c2cc(CO)oc2Br)CC1. The molecule has 0 radical (unpaired) electrons. The lowest BCUT2D eigenvalue weighted by Crippen LogP contribution is -2.37. The maximum absolute atomic E-state index is 12.3. The molecular formula is C13H20BrNO4S. The van der Waals surface area contributed by atoms with Crippen LogP contribution in [0.2, 0.25) is 0 Å². The Bertz CT molecular complexity index is 547. The third-order valence-electron chi connectivity index (χ3n) is 3.90. The Kier molecular flexibility index (Phi) is 5.28. The average molecular weight is 366 g/mol. The summed E-state index contributed by atoms with van der Waals surface area (Å²) >= 11 is 3.08. The Morgan fingerprint density at radius 3 is 2.55 bits per heavy atom. The van der Waals surface area contributed by atoms with E-state index in [1.807, 2.05) is 0 Å². The number of aliphatic hydroxyl groups excluding tert-OH is 1. The van der Waals surface area contributed by atoms with Gasteiger partial charge in [-0.1, -0.05) is 13.3 Å². The third kappa shape index (κ3) is 3.63. The summed E-state index contributed by atoms with van der Waals surface area (Å²) in [4.78, 5) is 0.0548. The van der Waals surface area contributed by atoms with Crippen molar-refractivity contribution in [2.24, 2.45) is 5.92 Å². The largest absolute Gasteiger partial charge is 0.450 e. The first-order chi connectivity index (χ1) is 9.46. The molecule has 1 aliphatic rings. The molecule has 0 aliphatic heterocycles. The van der Waals surface area contributed by atoms with Crippen molar-refractivity contribution >= 4 is 26.0 Å². The van der Waals surface area contributed by atoms with Crippen molar-refractivity contribution in [1.82, 2.24) is 4.72 Å². The summed E-state index contributed by atoms with van der Waals surface area (Å²) in [5, 5.41) is 8.99. The second-order valence-electron chi connectivity index (χ2n) is 5.26. The van der Waals surface area contributed by atoms with E-state index in [1.165, 1.54) is 6.07 Å². The highest BCUT2D eigenvalue weighted by Crippen LogP contribution is 2.30. The lowest BCUT2D eigenvalue weighted by molar-refractivity contribution is 0.245. The summed E-state index contributed by atoms with van der Waals surface area (Å²) < 4.78 is 32.6. The predicted molar refractivity (Wildman–Crippen MR) is 78.7 cm³/mol. The van der Waals surface area contributed by atoms with Crippen LogP contribution in [0.4, 0.5) is 0 Å². The molecule has 0 amide bonds. The minimum absolute atomic E-state index is 0.0119. The number of rotatable bonds is 5. The Labute approximate surface area is 127 Å². The van der Waals surface area contributed by atoms with Gasteiger partial charge in [-0.15, -0.1) is 0 Å². The van der Waals surface area contributed by atoms with Crippen LogP contribution in [0.25, 0.3) is 0 Å². The zero-order valence-corrected chi connectivity index (χ0v) is 13.8. The van der Waals surface area contributed by atoms with E-state index in [2.05, 4.69) is 27.6 Å². The number of hydrogen-bond donors (Lipinski definition) is 2. The molecule has 0 aromatic carbocycles. The maximum atomic E-state index is 12.3. The van der Waals surface area contributed by atoms with E-state index in [0.29, 0.717) is 0 Å². The maximum Gasteiger partial charge on any atom is 0.245 e. The Morgan fingerprint density at radius 2 is 2.05 bits per heavy atom. The molecule has 1 aromatic heterocycles. The highest BCUT2D eigenvalue weighted by Gasteiger charge is 2.28. The van der Waals surface area contributed by atoms with Crippen molar-refractivity contribution in [3.8, 4) is 0 Å². The van der Waals surface area contributed by atoms with E-state index in [0.717, 1.165) is 38.0 Å². The van der Waals surface area contributed by atoms with Gasteiger partial charge in [-0.3, -0.25) is 0 Å². The van der Waals surface area contributed by atoms with Crippen LogP contribution in [0.3, 0.4) is 0 Å². The highest BCUT2D eigenvalue weighted by molar-refractivity contribution is 9.10. The number of halogens is 1. The van der Waals surface area contributed by atoms with Crippen LogP contribution in [0, 0.1) is 5.92 Å². The summed E-state index contributed by atoms with van der Waals surface area (Å²) in [6.45, 7) is 1.85. The molecule has 1 aliphatic carbocycles. The smallest absolute Gasteiger partial charge is 0.245 e. The molecule has 2 N–H and O–H groups in total. The lowest BCUT2D eigenvalue weighted by Gasteiger charge is -2.28. The van der Waals surface area contributed by atoms with Crippen molar-refractivity contribution < 1.29 is 17.9 Å². The Hall–Kier alpha value is -0.370. The molecule has 2 rings (SSSR count). The van der Waals surface area contributed by atoms with Crippen molar-refractivity contribution in [2.45, 2.75) is 56.6 Å². The molecule has 0 spiro atoms. The summed E-state index contributed by atoms with van der Waals surface area (Å²) in [5.74, 6) is 0.948. The van der Waals surface area contributed by atoms with Gasteiger partial charge < -0.3 is 9.52 Å². The van der Waals surface area contributed by atoms with Crippen LogP contribution in [-0.4, -0.2) is 19.6 Å². The fraction of sp³-hybridized carbons (Fsp3) is 0.692.